The summed E-state index contributed by atoms with van der Waals surface area (Å²) < 4.78 is 39.3. The molecule has 1 heterocycles. The lowest BCUT2D eigenvalue weighted by Gasteiger charge is -2.26. The van der Waals surface area contributed by atoms with Crippen molar-refractivity contribution in [2.75, 3.05) is 13.6 Å². The summed E-state index contributed by atoms with van der Waals surface area (Å²) in [6, 6.07) is 5.00. The zero-order chi connectivity index (χ0) is 17.9. The van der Waals surface area contributed by atoms with Crippen LogP contribution in [0.3, 0.4) is 0 Å². The summed E-state index contributed by atoms with van der Waals surface area (Å²) in [5.74, 6) is 0. The Bertz CT molecular complexity index is 652. The van der Waals surface area contributed by atoms with Crippen molar-refractivity contribution in [3.8, 4) is 0 Å². The van der Waals surface area contributed by atoms with E-state index in [9.17, 15) is 18.3 Å². The summed E-state index contributed by atoms with van der Waals surface area (Å²) in [5, 5.41) is 14.3. The molecule has 0 aliphatic heterocycles. The predicted molar refractivity (Wildman–Crippen MR) is 85.4 cm³/mol. The minimum absolute atomic E-state index is 0.0842. The van der Waals surface area contributed by atoms with Gasteiger partial charge >= 0.3 is 6.18 Å². The Morgan fingerprint density at radius 2 is 1.88 bits per heavy atom. The second-order valence-electron chi connectivity index (χ2n) is 6.12. The monoisotopic (exact) mass is 341 g/mol. The fraction of sp³-hybridized carbons (Fsp3) is 0.471. The smallest absolute Gasteiger partial charge is 0.391 e. The molecular formula is C17H22F3N3O. The molecule has 0 bridgehead atoms. The highest BCUT2D eigenvalue weighted by molar-refractivity contribution is 5.25. The van der Waals surface area contributed by atoms with Gasteiger partial charge in [-0.3, -0.25) is 9.58 Å². The summed E-state index contributed by atoms with van der Waals surface area (Å²) >= 11 is 0. The number of aliphatic hydroxyl groups excluding tert-OH is 1. The number of halogens is 3. The van der Waals surface area contributed by atoms with Crippen molar-refractivity contribution < 1.29 is 18.3 Å². The number of nitrogens with zero attached hydrogens (tertiary/aromatic N) is 3. The standard InChI is InChI=1S/C17H22F3N3O/c1-12(14-9-21-23(3)10-14)22(2)11-16(24)8-13-4-6-15(7-5-13)17(18,19)20/h4-7,9-10,12,16,24H,8,11H2,1-3H3. The summed E-state index contributed by atoms with van der Waals surface area (Å²) in [7, 11) is 3.74. The van der Waals surface area contributed by atoms with Crippen LogP contribution in [0.1, 0.15) is 29.7 Å². The van der Waals surface area contributed by atoms with E-state index in [1.807, 2.05) is 32.1 Å². The molecule has 2 unspecified atom stereocenters. The molecule has 1 aromatic heterocycles. The molecule has 7 heteroatoms. The van der Waals surface area contributed by atoms with E-state index in [0.29, 0.717) is 18.5 Å². The Morgan fingerprint density at radius 1 is 1.25 bits per heavy atom. The number of rotatable bonds is 6. The topological polar surface area (TPSA) is 41.3 Å². The number of alkyl halides is 3. The Morgan fingerprint density at radius 3 is 2.38 bits per heavy atom. The minimum atomic E-state index is -4.34. The fourth-order valence-electron chi connectivity index (χ4n) is 2.57. The minimum Gasteiger partial charge on any atom is -0.391 e. The van der Waals surface area contributed by atoms with Crippen molar-refractivity contribution in [1.82, 2.24) is 14.7 Å². The highest BCUT2D eigenvalue weighted by Crippen LogP contribution is 2.29. The van der Waals surface area contributed by atoms with Crippen LogP contribution in [0.15, 0.2) is 36.7 Å². The average molecular weight is 341 g/mol. The molecule has 24 heavy (non-hydrogen) atoms. The molecule has 2 atom stereocenters. The van der Waals surface area contributed by atoms with Crippen molar-refractivity contribution >= 4 is 0 Å². The molecule has 0 spiro atoms. The third-order valence-corrected chi connectivity index (χ3v) is 4.12. The third-order valence-electron chi connectivity index (χ3n) is 4.12. The van der Waals surface area contributed by atoms with Gasteiger partial charge < -0.3 is 5.11 Å². The quantitative estimate of drug-likeness (QED) is 0.878. The molecule has 0 saturated carbocycles. The molecule has 0 fully saturated rings. The van der Waals surface area contributed by atoms with E-state index in [1.165, 1.54) is 12.1 Å². The van der Waals surface area contributed by atoms with Crippen LogP contribution < -0.4 is 0 Å². The highest BCUT2D eigenvalue weighted by atomic mass is 19.4. The maximum absolute atomic E-state index is 12.5. The van der Waals surface area contributed by atoms with Crippen molar-refractivity contribution in [2.45, 2.75) is 31.7 Å². The van der Waals surface area contributed by atoms with Gasteiger partial charge in [-0.2, -0.15) is 18.3 Å². The molecule has 2 rings (SSSR count). The summed E-state index contributed by atoms with van der Waals surface area (Å²) in [6.45, 7) is 2.43. The summed E-state index contributed by atoms with van der Waals surface area (Å²) in [5.41, 5.74) is 1.04. The summed E-state index contributed by atoms with van der Waals surface area (Å²) in [4.78, 5) is 1.99. The molecule has 0 saturated heterocycles. The molecule has 2 aromatic rings. The van der Waals surface area contributed by atoms with E-state index in [-0.39, 0.29) is 6.04 Å². The van der Waals surface area contributed by atoms with Crippen LogP contribution >= 0.6 is 0 Å². The first-order valence-corrected chi connectivity index (χ1v) is 7.70. The van der Waals surface area contributed by atoms with Crippen molar-refractivity contribution in [2.24, 2.45) is 7.05 Å². The van der Waals surface area contributed by atoms with Crippen LogP contribution in [0, 0.1) is 0 Å². The maximum atomic E-state index is 12.5. The SMILES string of the molecule is CC(c1cnn(C)c1)N(C)CC(O)Cc1ccc(C(F)(F)F)cc1. The number of hydrogen-bond acceptors (Lipinski definition) is 3. The van der Waals surface area contributed by atoms with E-state index in [4.69, 9.17) is 0 Å². The van der Waals surface area contributed by atoms with E-state index >= 15 is 0 Å². The maximum Gasteiger partial charge on any atom is 0.416 e. The van der Waals surface area contributed by atoms with Crippen molar-refractivity contribution in [1.29, 1.82) is 0 Å². The molecule has 0 radical (unpaired) electrons. The van der Waals surface area contributed by atoms with Crippen LogP contribution in [0.4, 0.5) is 13.2 Å². The fourth-order valence-corrected chi connectivity index (χ4v) is 2.57. The van der Waals surface area contributed by atoms with Crippen molar-refractivity contribution in [3.63, 3.8) is 0 Å². The van der Waals surface area contributed by atoms with Gasteiger partial charge in [0.1, 0.15) is 0 Å². The Hall–Kier alpha value is -1.86. The van der Waals surface area contributed by atoms with E-state index < -0.39 is 17.8 Å². The molecule has 0 aliphatic rings. The van der Waals surface area contributed by atoms with Crippen molar-refractivity contribution in [3.05, 3.63) is 53.3 Å². The Labute approximate surface area is 139 Å². The number of benzene rings is 1. The number of hydrogen-bond donors (Lipinski definition) is 1. The first-order valence-electron chi connectivity index (χ1n) is 7.70. The Kier molecular flexibility index (Phi) is 5.66. The molecule has 4 nitrogen and oxygen atoms in total. The third kappa shape index (κ3) is 4.82. The molecule has 132 valence electrons. The zero-order valence-electron chi connectivity index (χ0n) is 14.0. The zero-order valence-corrected chi connectivity index (χ0v) is 14.0. The van der Waals surface area contributed by atoms with Gasteiger partial charge in [0.2, 0.25) is 0 Å². The lowest BCUT2D eigenvalue weighted by atomic mass is 10.0. The molecule has 1 N–H and O–H groups in total. The Balaban J connectivity index is 1.91. The van der Waals surface area contributed by atoms with Crippen LogP contribution in [0.5, 0.6) is 0 Å². The van der Waals surface area contributed by atoms with Gasteiger partial charge in [0.05, 0.1) is 17.9 Å². The highest BCUT2D eigenvalue weighted by Gasteiger charge is 2.30. The average Bonchev–Trinajstić information content (AvgIpc) is 2.92. The number of likely N-dealkylation sites (N-methyl/N-ethyl adjacent to an activating group) is 1. The summed E-state index contributed by atoms with van der Waals surface area (Å²) in [6.07, 6.45) is -0.989. The molecule has 0 amide bonds. The number of aryl methyl sites for hydroxylation is 1. The second kappa shape index (κ2) is 7.36. The lowest BCUT2D eigenvalue weighted by Crippen LogP contribution is -2.32. The molecular weight excluding hydrogens is 319 g/mol. The second-order valence-corrected chi connectivity index (χ2v) is 6.12. The van der Waals surface area contributed by atoms with E-state index in [2.05, 4.69) is 5.10 Å². The molecule has 1 aromatic carbocycles. The van der Waals surface area contributed by atoms with Gasteiger partial charge in [-0.1, -0.05) is 12.1 Å². The van der Waals surface area contributed by atoms with E-state index in [0.717, 1.165) is 17.7 Å². The van der Waals surface area contributed by atoms with Gasteiger partial charge in [-0.15, -0.1) is 0 Å². The number of aromatic nitrogens is 2. The van der Waals surface area contributed by atoms with Crippen LogP contribution in [0.2, 0.25) is 0 Å². The lowest BCUT2D eigenvalue weighted by molar-refractivity contribution is -0.137. The van der Waals surface area contributed by atoms with Crippen LogP contribution in [-0.2, 0) is 19.6 Å². The van der Waals surface area contributed by atoms with E-state index in [1.54, 1.807) is 10.9 Å². The number of aliphatic hydroxyl groups is 1. The van der Waals surface area contributed by atoms with Gasteiger partial charge in [0, 0.05) is 31.4 Å². The molecule has 0 aliphatic carbocycles. The van der Waals surface area contributed by atoms with Gasteiger partial charge in [0.25, 0.3) is 0 Å². The largest absolute Gasteiger partial charge is 0.416 e. The predicted octanol–water partition coefficient (Wildman–Crippen LogP) is 3.04. The normalized spacial score (nSPS) is 14.8. The van der Waals surface area contributed by atoms with Crippen LogP contribution in [0.25, 0.3) is 0 Å². The first-order chi connectivity index (χ1) is 11.2. The van der Waals surface area contributed by atoms with Gasteiger partial charge in [0.15, 0.2) is 0 Å². The van der Waals surface area contributed by atoms with Gasteiger partial charge in [-0.05, 0) is 38.1 Å². The van der Waals surface area contributed by atoms with Crippen LogP contribution in [-0.4, -0.2) is 39.5 Å². The first kappa shape index (κ1) is 18.5. The van der Waals surface area contributed by atoms with Gasteiger partial charge in [-0.25, -0.2) is 0 Å².